The van der Waals surface area contributed by atoms with Crippen molar-refractivity contribution < 1.29 is 8.42 Å². The molecule has 2 aromatic rings. The lowest BCUT2D eigenvalue weighted by Crippen LogP contribution is -2.24. The number of anilines is 1. The molecule has 0 aliphatic heterocycles. The summed E-state index contributed by atoms with van der Waals surface area (Å²) in [4.78, 5) is 0.307. The first kappa shape index (κ1) is 13.8. The summed E-state index contributed by atoms with van der Waals surface area (Å²) >= 11 is 0. The average Bonchev–Trinajstić information content (AvgIpc) is 2.37. The molecule has 0 saturated heterocycles. The molecule has 0 spiro atoms. The maximum atomic E-state index is 12.3. The lowest BCUT2D eigenvalue weighted by molar-refractivity contribution is 0.579. The molecular formula is C14H18N2O2S. The Morgan fingerprint density at radius 2 is 2.00 bits per heavy atom. The molecule has 3 N–H and O–H groups in total. The summed E-state index contributed by atoms with van der Waals surface area (Å²) < 4.78 is 27.2. The molecule has 0 fully saturated rings. The molecule has 0 aliphatic rings. The van der Waals surface area contributed by atoms with Gasteiger partial charge in [0, 0.05) is 17.6 Å². The predicted molar refractivity (Wildman–Crippen MR) is 78.5 cm³/mol. The topological polar surface area (TPSA) is 72.2 Å². The number of benzene rings is 2. The van der Waals surface area contributed by atoms with E-state index in [1.807, 2.05) is 13.0 Å². The zero-order valence-corrected chi connectivity index (χ0v) is 11.7. The highest BCUT2D eigenvalue weighted by atomic mass is 32.2. The van der Waals surface area contributed by atoms with Gasteiger partial charge in [-0.3, -0.25) is 0 Å². The van der Waals surface area contributed by atoms with Gasteiger partial charge in [0.2, 0.25) is 10.0 Å². The van der Waals surface area contributed by atoms with Gasteiger partial charge in [-0.25, -0.2) is 13.1 Å². The van der Waals surface area contributed by atoms with E-state index in [9.17, 15) is 8.42 Å². The molecule has 5 heteroatoms. The third-order valence-electron chi connectivity index (χ3n) is 2.98. The van der Waals surface area contributed by atoms with Crippen LogP contribution in [0.5, 0.6) is 0 Å². The fraction of sp³-hybridized carbons (Fsp3) is 0.286. The third-order valence-corrected chi connectivity index (χ3v) is 4.50. The number of nitrogen functional groups attached to an aromatic ring is 1. The number of nitrogens with two attached hydrogens (primary N) is 1. The highest BCUT2D eigenvalue weighted by Gasteiger charge is 2.16. The predicted octanol–water partition coefficient (Wildman–Crippen LogP) is 2.50. The van der Waals surface area contributed by atoms with Crippen molar-refractivity contribution in [2.75, 3.05) is 12.3 Å². The summed E-state index contributed by atoms with van der Waals surface area (Å²) in [7, 11) is -3.46. The Hall–Kier alpha value is -1.59. The van der Waals surface area contributed by atoms with Gasteiger partial charge in [0.05, 0.1) is 4.90 Å². The maximum Gasteiger partial charge on any atom is 0.241 e. The molecule has 0 amide bonds. The molecule has 2 aromatic carbocycles. The van der Waals surface area contributed by atoms with E-state index in [-0.39, 0.29) is 0 Å². The number of unbranched alkanes of at least 4 members (excludes halogenated alkanes) is 1. The van der Waals surface area contributed by atoms with Crippen molar-refractivity contribution in [2.24, 2.45) is 0 Å². The number of sulfonamides is 1. The first-order chi connectivity index (χ1) is 9.04. The molecule has 0 unspecified atom stereocenters. The molecule has 4 nitrogen and oxygen atoms in total. The Morgan fingerprint density at radius 3 is 2.74 bits per heavy atom. The van der Waals surface area contributed by atoms with Crippen molar-refractivity contribution >= 4 is 26.5 Å². The van der Waals surface area contributed by atoms with Crippen LogP contribution in [0.4, 0.5) is 5.69 Å². The Balaban J connectivity index is 2.44. The molecule has 0 radical (unpaired) electrons. The maximum absolute atomic E-state index is 12.3. The number of fused-ring (bicyclic) bond motifs is 1. The van der Waals surface area contributed by atoms with Gasteiger partial charge in [0.25, 0.3) is 0 Å². The van der Waals surface area contributed by atoms with Gasteiger partial charge in [0.15, 0.2) is 0 Å². The Kier molecular flexibility index (Phi) is 4.07. The van der Waals surface area contributed by atoms with Crippen molar-refractivity contribution in [3.63, 3.8) is 0 Å². The summed E-state index contributed by atoms with van der Waals surface area (Å²) in [5, 5.41) is 1.53. The Bertz CT molecular complexity index is 681. The minimum Gasteiger partial charge on any atom is -0.399 e. The van der Waals surface area contributed by atoms with E-state index >= 15 is 0 Å². The van der Waals surface area contributed by atoms with E-state index in [1.54, 1.807) is 30.3 Å². The van der Waals surface area contributed by atoms with Crippen LogP contribution in [0.3, 0.4) is 0 Å². The molecule has 0 bridgehead atoms. The molecule has 0 aliphatic carbocycles. The number of hydrogen-bond acceptors (Lipinski definition) is 3. The van der Waals surface area contributed by atoms with Crippen molar-refractivity contribution in [2.45, 2.75) is 24.7 Å². The molecule has 0 aromatic heterocycles. The van der Waals surface area contributed by atoms with Crippen LogP contribution in [0.15, 0.2) is 41.3 Å². The van der Waals surface area contributed by atoms with Crippen LogP contribution in [0.1, 0.15) is 19.8 Å². The molecular weight excluding hydrogens is 260 g/mol. The normalized spacial score (nSPS) is 11.8. The second-order valence-corrected chi connectivity index (χ2v) is 6.22. The van der Waals surface area contributed by atoms with Gasteiger partial charge in [-0.1, -0.05) is 31.5 Å². The lowest BCUT2D eigenvalue weighted by Gasteiger charge is -2.09. The van der Waals surface area contributed by atoms with E-state index in [0.29, 0.717) is 22.5 Å². The van der Waals surface area contributed by atoms with Crippen LogP contribution in [-0.2, 0) is 10.0 Å². The second kappa shape index (κ2) is 5.59. The molecule has 102 valence electrons. The minimum absolute atomic E-state index is 0.307. The number of rotatable bonds is 5. The molecule has 2 rings (SSSR count). The largest absolute Gasteiger partial charge is 0.399 e. The molecule has 19 heavy (non-hydrogen) atoms. The molecule has 0 saturated carbocycles. The smallest absolute Gasteiger partial charge is 0.241 e. The summed E-state index contributed by atoms with van der Waals surface area (Å²) in [5.74, 6) is 0. The van der Waals surface area contributed by atoms with Gasteiger partial charge in [-0.05, 0) is 30.0 Å². The fourth-order valence-corrected chi connectivity index (χ4v) is 3.27. The third kappa shape index (κ3) is 3.05. The van der Waals surface area contributed by atoms with E-state index in [2.05, 4.69) is 4.72 Å². The van der Waals surface area contributed by atoms with E-state index in [1.165, 1.54) is 0 Å². The van der Waals surface area contributed by atoms with Crippen LogP contribution < -0.4 is 10.5 Å². The van der Waals surface area contributed by atoms with Gasteiger partial charge in [0.1, 0.15) is 0 Å². The SMILES string of the molecule is CCCCNS(=O)(=O)c1cccc2cc(N)ccc12. The molecule has 0 heterocycles. The minimum atomic E-state index is -3.46. The standard InChI is InChI=1S/C14H18N2O2S/c1-2-3-9-16-19(17,18)14-6-4-5-11-10-12(15)7-8-13(11)14/h4-8,10,16H,2-3,9,15H2,1H3. The highest BCUT2D eigenvalue weighted by Crippen LogP contribution is 2.24. The quantitative estimate of drug-likeness (QED) is 0.652. The van der Waals surface area contributed by atoms with Crippen LogP contribution in [0.25, 0.3) is 10.8 Å². The van der Waals surface area contributed by atoms with E-state index < -0.39 is 10.0 Å². The van der Waals surface area contributed by atoms with Crippen molar-refractivity contribution in [3.8, 4) is 0 Å². The Labute approximate surface area is 113 Å². The first-order valence-electron chi connectivity index (χ1n) is 6.32. The summed E-state index contributed by atoms with van der Waals surface area (Å²) in [6.07, 6.45) is 1.78. The van der Waals surface area contributed by atoms with Gasteiger partial charge in [-0.15, -0.1) is 0 Å². The lowest BCUT2D eigenvalue weighted by atomic mass is 10.1. The van der Waals surface area contributed by atoms with Crippen molar-refractivity contribution in [1.29, 1.82) is 0 Å². The summed E-state index contributed by atoms with van der Waals surface area (Å²) in [6, 6.07) is 10.5. The van der Waals surface area contributed by atoms with Crippen LogP contribution >= 0.6 is 0 Å². The van der Waals surface area contributed by atoms with Crippen LogP contribution in [0, 0.1) is 0 Å². The van der Waals surface area contributed by atoms with Gasteiger partial charge < -0.3 is 5.73 Å². The number of hydrogen-bond donors (Lipinski definition) is 2. The first-order valence-corrected chi connectivity index (χ1v) is 7.81. The summed E-state index contributed by atoms with van der Waals surface area (Å²) in [6.45, 7) is 2.49. The van der Waals surface area contributed by atoms with Crippen LogP contribution in [-0.4, -0.2) is 15.0 Å². The van der Waals surface area contributed by atoms with Crippen molar-refractivity contribution in [3.05, 3.63) is 36.4 Å². The van der Waals surface area contributed by atoms with Crippen molar-refractivity contribution in [1.82, 2.24) is 4.72 Å². The fourth-order valence-electron chi connectivity index (χ4n) is 1.97. The van der Waals surface area contributed by atoms with Gasteiger partial charge >= 0.3 is 0 Å². The van der Waals surface area contributed by atoms with Gasteiger partial charge in [-0.2, -0.15) is 0 Å². The average molecular weight is 278 g/mol. The monoisotopic (exact) mass is 278 g/mol. The summed E-state index contributed by atoms with van der Waals surface area (Å²) in [5.41, 5.74) is 6.34. The van der Waals surface area contributed by atoms with E-state index in [0.717, 1.165) is 18.2 Å². The Morgan fingerprint density at radius 1 is 1.21 bits per heavy atom. The van der Waals surface area contributed by atoms with Crippen LogP contribution in [0.2, 0.25) is 0 Å². The number of nitrogens with one attached hydrogen (secondary N) is 1. The zero-order valence-electron chi connectivity index (χ0n) is 10.9. The second-order valence-electron chi connectivity index (χ2n) is 4.49. The highest BCUT2D eigenvalue weighted by molar-refractivity contribution is 7.89. The zero-order chi connectivity index (χ0) is 13.9. The molecule has 0 atom stereocenters. The van der Waals surface area contributed by atoms with E-state index in [4.69, 9.17) is 5.73 Å².